The van der Waals surface area contributed by atoms with Gasteiger partial charge in [0.2, 0.25) is 0 Å². The molecule has 0 atom stereocenters. The van der Waals surface area contributed by atoms with Crippen LogP contribution in [0.4, 0.5) is 0 Å². The van der Waals surface area contributed by atoms with Crippen molar-refractivity contribution in [3.63, 3.8) is 0 Å². The Labute approximate surface area is 115 Å². The molecule has 0 unspecified atom stereocenters. The molecule has 2 aromatic rings. The number of aryl methyl sites for hydroxylation is 1. The highest BCUT2D eigenvalue weighted by molar-refractivity contribution is 5.91. The van der Waals surface area contributed by atoms with E-state index in [1.165, 1.54) is 48.4 Å². The van der Waals surface area contributed by atoms with Crippen LogP contribution in [0, 0.1) is 0 Å². The van der Waals surface area contributed by atoms with Crippen LogP contribution >= 0.6 is 0 Å². The predicted octanol–water partition coefficient (Wildman–Crippen LogP) is 5.17. The first-order valence-corrected chi connectivity index (χ1v) is 7.32. The largest absolute Gasteiger partial charge is 0.298 e. The highest BCUT2D eigenvalue weighted by atomic mass is 16.1. The van der Waals surface area contributed by atoms with Crippen LogP contribution in [0.5, 0.6) is 0 Å². The molecule has 0 saturated heterocycles. The maximum absolute atomic E-state index is 10.9. The number of benzene rings is 2. The van der Waals surface area contributed by atoms with Crippen molar-refractivity contribution in [3.8, 4) is 0 Å². The molecular formula is C18H22O. The molecular weight excluding hydrogens is 232 g/mol. The maximum Gasteiger partial charge on any atom is 0.150 e. The molecule has 0 aromatic heterocycles. The van der Waals surface area contributed by atoms with Gasteiger partial charge in [-0.05, 0) is 35.2 Å². The Morgan fingerprint density at radius 2 is 1.84 bits per heavy atom. The summed E-state index contributed by atoms with van der Waals surface area (Å²) in [5.41, 5.74) is 2.14. The molecule has 0 bridgehead atoms. The first-order valence-electron chi connectivity index (χ1n) is 7.32. The quantitative estimate of drug-likeness (QED) is 0.492. The lowest BCUT2D eigenvalue weighted by atomic mass is 9.98. The topological polar surface area (TPSA) is 17.1 Å². The van der Waals surface area contributed by atoms with Crippen LogP contribution in [-0.4, -0.2) is 6.29 Å². The van der Waals surface area contributed by atoms with Gasteiger partial charge in [0.05, 0.1) is 0 Å². The number of rotatable bonds is 7. The van der Waals surface area contributed by atoms with Gasteiger partial charge in [0, 0.05) is 5.56 Å². The zero-order valence-electron chi connectivity index (χ0n) is 11.7. The average Bonchev–Trinajstić information content (AvgIpc) is 2.46. The van der Waals surface area contributed by atoms with Crippen LogP contribution in [-0.2, 0) is 6.42 Å². The van der Waals surface area contributed by atoms with Gasteiger partial charge < -0.3 is 0 Å². The van der Waals surface area contributed by atoms with E-state index in [0.29, 0.717) is 0 Å². The zero-order chi connectivity index (χ0) is 13.5. The summed E-state index contributed by atoms with van der Waals surface area (Å²) in [7, 11) is 0. The van der Waals surface area contributed by atoms with Crippen molar-refractivity contribution in [1.29, 1.82) is 0 Å². The lowest BCUT2D eigenvalue weighted by Gasteiger charge is -2.07. The summed E-state index contributed by atoms with van der Waals surface area (Å²) in [4.78, 5) is 10.9. The molecule has 2 rings (SSSR count). The lowest BCUT2D eigenvalue weighted by molar-refractivity contribution is 0.112. The van der Waals surface area contributed by atoms with E-state index in [2.05, 4.69) is 25.1 Å². The molecule has 0 amide bonds. The highest BCUT2D eigenvalue weighted by Crippen LogP contribution is 2.22. The number of aldehydes is 1. The number of fused-ring (bicyclic) bond motifs is 1. The van der Waals surface area contributed by atoms with E-state index in [4.69, 9.17) is 0 Å². The summed E-state index contributed by atoms with van der Waals surface area (Å²) in [6.07, 6.45) is 8.55. The molecule has 0 saturated carbocycles. The van der Waals surface area contributed by atoms with Crippen molar-refractivity contribution >= 4 is 17.1 Å². The van der Waals surface area contributed by atoms with Crippen LogP contribution in [0.1, 0.15) is 54.9 Å². The zero-order valence-corrected chi connectivity index (χ0v) is 11.7. The summed E-state index contributed by atoms with van der Waals surface area (Å²) in [5, 5.41) is 2.47. The molecule has 0 aliphatic heterocycles. The molecule has 0 aliphatic carbocycles. The van der Waals surface area contributed by atoms with Gasteiger partial charge in [0.25, 0.3) is 0 Å². The third kappa shape index (κ3) is 3.66. The Bertz CT molecular complexity index is 542. The van der Waals surface area contributed by atoms with Gasteiger partial charge in [-0.3, -0.25) is 4.79 Å². The second-order valence-electron chi connectivity index (χ2n) is 5.18. The van der Waals surface area contributed by atoms with Gasteiger partial charge in [0.1, 0.15) is 6.29 Å². The Morgan fingerprint density at radius 3 is 2.63 bits per heavy atom. The number of carbonyl (C=O) groups is 1. The smallest absolute Gasteiger partial charge is 0.150 e. The molecule has 0 aliphatic rings. The van der Waals surface area contributed by atoms with Crippen LogP contribution in [0.15, 0.2) is 36.4 Å². The van der Waals surface area contributed by atoms with Gasteiger partial charge >= 0.3 is 0 Å². The number of hydrogen-bond acceptors (Lipinski definition) is 1. The first-order chi connectivity index (χ1) is 9.35. The summed E-state index contributed by atoms with van der Waals surface area (Å²) < 4.78 is 0. The molecule has 0 spiro atoms. The van der Waals surface area contributed by atoms with Crippen molar-refractivity contribution in [2.24, 2.45) is 0 Å². The number of carbonyl (C=O) groups excluding carboxylic acids is 1. The Kier molecular flexibility index (Phi) is 5.14. The van der Waals surface area contributed by atoms with Gasteiger partial charge in [0.15, 0.2) is 0 Å². The van der Waals surface area contributed by atoms with E-state index in [9.17, 15) is 4.79 Å². The maximum atomic E-state index is 10.9. The van der Waals surface area contributed by atoms with Crippen LogP contribution in [0.2, 0.25) is 0 Å². The second-order valence-corrected chi connectivity index (χ2v) is 5.18. The Hall–Kier alpha value is -1.63. The van der Waals surface area contributed by atoms with Crippen molar-refractivity contribution < 1.29 is 4.79 Å². The molecule has 0 radical (unpaired) electrons. The number of hydrogen-bond donors (Lipinski definition) is 0. The van der Waals surface area contributed by atoms with E-state index in [-0.39, 0.29) is 0 Å². The fourth-order valence-electron chi connectivity index (χ4n) is 2.57. The molecule has 1 nitrogen and oxygen atoms in total. The van der Waals surface area contributed by atoms with Crippen LogP contribution in [0.25, 0.3) is 10.8 Å². The third-order valence-corrected chi connectivity index (χ3v) is 3.68. The monoisotopic (exact) mass is 254 g/mol. The van der Waals surface area contributed by atoms with Crippen LogP contribution in [0.3, 0.4) is 0 Å². The minimum atomic E-state index is 0.769. The van der Waals surface area contributed by atoms with E-state index in [0.717, 1.165) is 18.3 Å². The van der Waals surface area contributed by atoms with Gasteiger partial charge in [-0.15, -0.1) is 0 Å². The average molecular weight is 254 g/mol. The molecule has 100 valence electrons. The van der Waals surface area contributed by atoms with Crippen molar-refractivity contribution in [2.75, 3.05) is 0 Å². The molecule has 1 heteroatoms. The summed E-state index contributed by atoms with van der Waals surface area (Å²) in [5.74, 6) is 0. The van der Waals surface area contributed by atoms with Crippen molar-refractivity contribution in [1.82, 2.24) is 0 Å². The standard InChI is InChI=1S/C18H22O/c1-2-3-4-5-6-8-16-9-7-10-17-12-11-15(14-19)13-18(16)17/h7,9-14H,2-6,8H2,1H3. The SMILES string of the molecule is CCCCCCCc1cccc2ccc(C=O)cc12. The number of unbranched alkanes of at least 4 members (excludes halogenated alkanes) is 4. The normalized spacial score (nSPS) is 10.8. The lowest BCUT2D eigenvalue weighted by Crippen LogP contribution is -1.90. The van der Waals surface area contributed by atoms with E-state index in [1.807, 2.05) is 18.2 Å². The second kappa shape index (κ2) is 7.08. The first kappa shape index (κ1) is 13.8. The molecule has 0 fully saturated rings. The fourth-order valence-corrected chi connectivity index (χ4v) is 2.57. The van der Waals surface area contributed by atoms with Crippen LogP contribution < -0.4 is 0 Å². The summed E-state index contributed by atoms with van der Waals surface area (Å²) in [6, 6.07) is 12.4. The van der Waals surface area contributed by atoms with E-state index in [1.54, 1.807) is 0 Å². The van der Waals surface area contributed by atoms with Gasteiger partial charge in [-0.25, -0.2) is 0 Å². The van der Waals surface area contributed by atoms with Gasteiger partial charge in [-0.1, -0.05) is 62.9 Å². The summed E-state index contributed by atoms with van der Waals surface area (Å²) >= 11 is 0. The van der Waals surface area contributed by atoms with E-state index < -0.39 is 0 Å². The van der Waals surface area contributed by atoms with Crippen molar-refractivity contribution in [2.45, 2.75) is 45.4 Å². The highest BCUT2D eigenvalue weighted by Gasteiger charge is 2.02. The minimum Gasteiger partial charge on any atom is -0.298 e. The minimum absolute atomic E-state index is 0.769. The Morgan fingerprint density at radius 1 is 1.00 bits per heavy atom. The molecule has 19 heavy (non-hydrogen) atoms. The fraction of sp³-hybridized carbons (Fsp3) is 0.389. The summed E-state index contributed by atoms with van der Waals surface area (Å²) in [6.45, 7) is 2.24. The third-order valence-electron chi connectivity index (χ3n) is 3.68. The molecule has 0 N–H and O–H groups in total. The van der Waals surface area contributed by atoms with Gasteiger partial charge in [-0.2, -0.15) is 0 Å². The van der Waals surface area contributed by atoms with E-state index >= 15 is 0 Å². The molecule has 0 heterocycles. The predicted molar refractivity (Wildman–Crippen MR) is 81.8 cm³/mol. The Balaban J connectivity index is 2.11. The van der Waals surface area contributed by atoms with Crippen molar-refractivity contribution in [3.05, 3.63) is 47.5 Å². The molecule has 2 aromatic carbocycles.